The fourth-order valence-electron chi connectivity index (χ4n) is 4.05. The van der Waals surface area contributed by atoms with Gasteiger partial charge in [-0.1, -0.05) is 18.7 Å². The summed E-state index contributed by atoms with van der Waals surface area (Å²) < 4.78 is 0. The Hall–Kier alpha value is -3.51. The van der Waals surface area contributed by atoms with Crippen LogP contribution in [0.3, 0.4) is 0 Å². The Morgan fingerprint density at radius 2 is 1.90 bits per heavy atom. The van der Waals surface area contributed by atoms with Crippen LogP contribution in [0.5, 0.6) is 0 Å². The van der Waals surface area contributed by atoms with E-state index in [1.807, 2.05) is 36.9 Å². The van der Waals surface area contributed by atoms with Gasteiger partial charge in [-0.05, 0) is 66.7 Å². The van der Waals surface area contributed by atoms with Gasteiger partial charge >= 0.3 is 0 Å². The summed E-state index contributed by atoms with van der Waals surface area (Å²) in [6, 6.07) is 13.0. The van der Waals surface area contributed by atoms with Gasteiger partial charge in [0.2, 0.25) is 0 Å². The Bertz CT molecular complexity index is 1170. The molecule has 156 valence electrons. The highest BCUT2D eigenvalue weighted by molar-refractivity contribution is 5.91. The van der Waals surface area contributed by atoms with Gasteiger partial charge in [-0.15, -0.1) is 0 Å². The monoisotopic (exact) mass is 410 g/mol. The van der Waals surface area contributed by atoms with Crippen LogP contribution >= 0.6 is 0 Å². The van der Waals surface area contributed by atoms with Crippen LogP contribution in [0.2, 0.25) is 0 Å². The molecule has 2 aliphatic heterocycles. The highest BCUT2D eigenvalue weighted by Gasteiger charge is 2.13. The molecule has 0 spiro atoms. The minimum Gasteiger partial charge on any atom is -0.367 e. The Kier molecular flexibility index (Phi) is 5.46. The Morgan fingerprint density at radius 3 is 2.74 bits per heavy atom. The van der Waals surface area contributed by atoms with Gasteiger partial charge in [0.15, 0.2) is 0 Å². The summed E-state index contributed by atoms with van der Waals surface area (Å²) in [5, 5.41) is 12.5. The summed E-state index contributed by atoms with van der Waals surface area (Å²) in [6.45, 7) is 6.32. The third kappa shape index (κ3) is 4.49. The second kappa shape index (κ2) is 8.70. The zero-order valence-corrected chi connectivity index (χ0v) is 17.4. The number of hydrogen-bond donors (Lipinski definition) is 3. The number of piperidine rings is 1. The molecule has 0 radical (unpaired) electrons. The lowest BCUT2D eigenvalue weighted by Gasteiger charge is -2.24. The van der Waals surface area contributed by atoms with Crippen molar-refractivity contribution in [3.05, 3.63) is 72.7 Å². The Balaban J connectivity index is 1.32. The van der Waals surface area contributed by atoms with Gasteiger partial charge in [-0.2, -0.15) is 0 Å². The van der Waals surface area contributed by atoms with Gasteiger partial charge in [-0.3, -0.25) is 4.99 Å². The number of hydrogen-bond acceptors (Lipinski definition) is 6. The Labute approximate surface area is 182 Å². The van der Waals surface area contributed by atoms with E-state index in [-0.39, 0.29) is 0 Å². The number of aromatic nitrogens is 2. The number of nitrogens with zero attached hydrogens (tertiary/aromatic N) is 3. The average Bonchev–Trinajstić information content (AvgIpc) is 3.34. The Morgan fingerprint density at radius 1 is 1.00 bits per heavy atom. The van der Waals surface area contributed by atoms with Crippen molar-refractivity contribution in [2.45, 2.75) is 25.3 Å². The maximum atomic E-state index is 4.57. The summed E-state index contributed by atoms with van der Waals surface area (Å²) >= 11 is 0. The van der Waals surface area contributed by atoms with E-state index < -0.39 is 0 Å². The molecule has 1 saturated heterocycles. The molecule has 0 aliphatic carbocycles. The van der Waals surface area contributed by atoms with Crippen LogP contribution in [0, 0.1) is 0 Å². The highest BCUT2D eigenvalue weighted by atomic mass is 15.0. The molecule has 0 saturated carbocycles. The molecule has 4 heterocycles. The number of pyridine rings is 2. The van der Waals surface area contributed by atoms with Crippen molar-refractivity contribution in [1.29, 1.82) is 0 Å². The van der Waals surface area contributed by atoms with Gasteiger partial charge in [0.05, 0.1) is 0 Å². The van der Waals surface area contributed by atoms with Crippen LogP contribution in [0.15, 0.2) is 66.6 Å². The molecule has 3 aromatic rings. The normalized spacial score (nSPS) is 16.3. The standard InChI is InChI=1S/C25H26N6/c1-17(18-5-11-28-24(13-18)31-23-6-9-26-10-7-23)30-25-14-22-12-19(21-4-8-27-15-21)2-3-20(22)16-29-25/h2-3,5,8,11-16,23,26H,1,4,6-7,9-10H2,(H,28,31)(H,29,30). The second-order valence-electron chi connectivity index (χ2n) is 8.02. The van der Waals surface area contributed by atoms with Gasteiger partial charge in [0.1, 0.15) is 11.6 Å². The minimum absolute atomic E-state index is 0.460. The van der Waals surface area contributed by atoms with Gasteiger partial charge < -0.3 is 16.0 Å². The van der Waals surface area contributed by atoms with Crippen molar-refractivity contribution in [3.63, 3.8) is 0 Å². The first-order valence-corrected chi connectivity index (χ1v) is 10.7. The van der Waals surface area contributed by atoms with Crippen molar-refractivity contribution >= 4 is 39.9 Å². The second-order valence-corrected chi connectivity index (χ2v) is 8.02. The molecule has 6 nitrogen and oxygen atoms in total. The smallest absolute Gasteiger partial charge is 0.130 e. The number of allylic oxidation sites excluding steroid dienone is 1. The molecule has 0 amide bonds. The number of nitrogens with one attached hydrogen (secondary N) is 3. The lowest BCUT2D eigenvalue weighted by Crippen LogP contribution is -2.35. The van der Waals surface area contributed by atoms with Gasteiger partial charge in [-0.25, -0.2) is 9.97 Å². The lowest BCUT2D eigenvalue weighted by atomic mass is 10.0. The summed E-state index contributed by atoms with van der Waals surface area (Å²) in [4.78, 5) is 13.3. The van der Waals surface area contributed by atoms with Crippen LogP contribution in [-0.4, -0.2) is 35.3 Å². The average molecular weight is 411 g/mol. The van der Waals surface area contributed by atoms with Crippen molar-refractivity contribution in [2.75, 3.05) is 23.7 Å². The number of aliphatic imine (C=N–C) groups is 1. The number of anilines is 2. The third-order valence-corrected chi connectivity index (χ3v) is 5.82. The molecule has 5 rings (SSSR count). The maximum Gasteiger partial charge on any atom is 0.130 e. The molecule has 6 heteroatoms. The predicted octanol–water partition coefficient (Wildman–Crippen LogP) is 4.69. The van der Waals surface area contributed by atoms with E-state index in [0.717, 1.165) is 66.0 Å². The first kappa shape index (κ1) is 19.5. The number of fused-ring (bicyclic) bond motifs is 1. The van der Waals surface area contributed by atoms with Crippen LogP contribution in [0.4, 0.5) is 11.6 Å². The van der Waals surface area contributed by atoms with Crippen LogP contribution in [-0.2, 0) is 0 Å². The van der Waals surface area contributed by atoms with Crippen LogP contribution in [0.1, 0.15) is 30.4 Å². The molecule has 3 N–H and O–H groups in total. The molecule has 2 aromatic heterocycles. The first-order chi connectivity index (χ1) is 15.2. The maximum absolute atomic E-state index is 4.57. The van der Waals surface area contributed by atoms with Gasteiger partial charge in [0, 0.05) is 53.9 Å². The van der Waals surface area contributed by atoms with Crippen molar-refractivity contribution < 1.29 is 0 Å². The van der Waals surface area contributed by atoms with Crippen molar-refractivity contribution in [1.82, 2.24) is 15.3 Å². The molecule has 1 fully saturated rings. The summed E-state index contributed by atoms with van der Waals surface area (Å²) in [6.07, 6.45) is 10.7. The summed E-state index contributed by atoms with van der Waals surface area (Å²) in [5.41, 5.74) is 4.23. The van der Waals surface area contributed by atoms with Crippen LogP contribution in [0.25, 0.3) is 22.0 Å². The highest BCUT2D eigenvalue weighted by Crippen LogP contribution is 2.27. The van der Waals surface area contributed by atoms with E-state index in [1.165, 1.54) is 11.1 Å². The summed E-state index contributed by atoms with van der Waals surface area (Å²) in [5.74, 6) is 1.66. The van der Waals surface area contributed by atoms with Crippen molar-refractivity contribution in [2.24, 2.45) is 4.99 Å². The SMILES string of the molecule is C=C(Nc1cc2cc(C3=CN=CC3)ccc2cn1)c1ccnc(NC2CCNCC2)c1. The first-order valence-electron chi connectivity index (χ1n) is 10.7. The predicted molar refractivity (Wildman–Crippen MR) is 129 cm³/mol. The van der Waals surface area contributed by atoms with E-state index in [0.29, 0.717) is 6.04 Å². The quantitative estimate of drug-likeness (QED) is 0.550. The molecular weight excluding hydrogens is 384 g/mol. The molecule has 0 atom stereocenters. The molecule has 2 aliphatic rings. The fraction of sp³-hybridized carbons (Fsp3) is 0.240. The molecule has 1 aromatic carbocycles. The fourth-order valence-corrected chi connectivity index (χ4v) is 4.05. The molecular formula is C25H26N6. The van der Waals surface area contributed by atoms with Crippen molar-refractivity contribution in [3.8, 4) is 0 Å². The molecule has 31 heavy (non-hydrogen) atoms. The number of benzene rings is 1. The zero-order chi connectivity index (χ0) is 21.0. The molecule has 0 unspecified atom stereocenters. The van der Waals surface area contributed by atoms with E-state index >= 15 is 0 Å². The van der Waals surface area contributed by atoms with E-state index in [2.05, 4.69) is 61.8 Å². The van der Waals surface area contributed by atoms with Gasteiger partial charge in [0.25, 0.3) is 0 Å². The largest absolute Gasteiger partial charge is 0.367 e. The van der Waals surface area contributed by atoms with E-state index in [4.69, 9.17) is 0 Å². The minimum atomic E-state index is 0.460. The van der Waals surface area contributed by atoms with Crippen LogP contribution < -0.4 is 16.0 Å². The third-order valence-electron chi connectivity index (χ3n) is 5.82. The summed E-state index contributed by atoms with van der Waals surface area (Å²) in [7, 11) is 0. The van der Waals surface area contributed by atoms with E-state index in [9.17, 15) is 0 Å². The topological polar surface area (TPSA) is 74.2 Å². The number of rotatable bonds is 6. The lowest BCUT2D eigenvalue weighted by molar-refractivity contribution is 0.478. The molecule has 0 bridgehead atoms. The zero-order valence-electron chi connectivity index (χ0n) is 17.4. The van der Waals surface area contributed by atoms with E-state index in [1.54, 1.807) is 0 Å².